The zero-order chi connectivity index (χ0) is 18.8. The average molecular weight is 368 g/mol. The molecule has 0 aromatic heterocycles. The number of hydrogen-bond donors (Lipinski definition) is 2. The molecule has 2 unspecified atom stereocenters. The summed E-state index contributed by atoms with van der Waals surface area (Å²) < 4.78 is 19.2. The molecule has 142 valence electrons. The third-order valence-electron chi connectivity index (χ3n) is 5.60. The van der Waals surface area contributed by atoms with Crippen LogP contribution in [-0.4, -0.2) is 24.8 Å². The van der Waals surface area contributed by atoms with E-state index < -0.39 is 11.9 Å². The van der Waals surface area contributed by atoms with E-state index in [1.165, 1.54) is 25.0 Å². The predicted molar refractivity (Wildman–Crippen MR) is 104 cm³/mol. The number of ether oxygens (including phenoxy) is 1. The van der Waals surface area contributed by atoms with Crippen molar-refractivity contribution in [2.45, 2.75) is 44.7 Å². The molecule has 2 aliphatic rings. The molecule has 2 bridgehead atoms. The SMILES string of the molecule is Cc1ccc(-c2ccc(F)cc2NC(=O)OCC2CC3CCC(C2)N3)cc1. The van der Waals surface area contributed by atoms with Gasteiger partial charge < -0.3 is 10.1 Å². The van der Waals surface area contributed by atoms with Crippen LogP contribution in [-0.2, 0) is 4.74 Å². The monoisotopic (exact) mass is 368 g/mol. The molecule has 0 radical (unpaired) electrons. The molecule has 2 aliphatic heterocycles. The molecule has 2 N–H and O–H groups in total. The number of amides is 1. The lowest BCUT2D eigenvalue weighted by atomic mass is 9.93. The Hall–Kier alpha value is -2.40. The Morgan fingerprint density at radius 1 is 1.15 bits per heavy atom. The van der Waals surface area contributed by atoms with Gasteiger partial charge in [0.05, 0.1) is 12.3 Å². The van der Waals surface area contributed by atoms with E-state index in [4.69, 9.17) is 4.74 Å². The Balaban J connectivity index is 1.41. The first-order valence-electron chi connectivity index (χ1n) is 9.63. The van der Waals surface area contributed by atoms with Gasteiger partial charge in [-0.25, -0.2) is 9.18 Å². The number of carbonyl (C=O) groups is 1. The molecule has 2 aromatic carbocycles. The van der Waals surface area contributed by atoms with Crippen LogP contribution in [0, 0.1) is 18.7 Å². The minimum absolute atomic E-state index is 0.393. The topological polar surface area (TPSA) is 50.4 Å². The van der Waals surface area contributed by atoms with Gasteiger partial charge in [0.25, 0.3) is 0 Å². The molecule has 0 saturated carbocycles. The molecule has 2 atom stereocenters. The largest absolute Gasteiger partial charge is 0.449 e. The van der Waals surface area contributed by atoms with Crippen LogP contribution in [0.5, 0.6) is 0 Å². The van der Waals surface area contributed by atoms with Crippen LogP contribution in [0.1, 0.15) is 31.2 Å². The molecule has 0 spiro atoms. The zero-order valence-corrected chi connectivity index (χ0v) is 15.5. The van der Waals surface area contributed by atoms with E-state index in [9.17, 15) is 9.18 Å². The highest BCUT2D eigenvalue weighted by atomic mass is 19.1. The van der Waals surface area contributed by atoms with Crippen LogP contribution in [0.2, 0.25) is 0 Å². The number of hydrogen-bond acceptors (Lipinski definition) is 3. The van der Waals surface area contributed by atoms with Gasteiger partial charge in [-0.3, -0.25) is 5.32 Å². The summed E-state index contributed by atoms with van der Waals surface area (Å²) in [6, 6.07) is 13.5. The standard InChI is InChI=1S/C22H25FN2O2/c1-14-2-4-16(5-3-14)20-9-6-17(23)12-21(20)25-22(26)27-13-15-10-18-7-8-19(11-15)24-18/h2-6,9,12,15,18-19,24H,7-8,10-11,13H2,1H3,(H,25,26). The first kappa shape index (κ1) is 18.0. The summed E-state index contributed by atoms with van der Waals surface area (Å²) in [5.41, 5.74) is 3.26. The Morgan fingerprint density at radius 2 is 1.85 bits per heavy atom. The van der Waals surface area contributed by atoms with Gasteiger partial charge in [0.2, 0.25) is 0 Å². The van der Waals surface area contributed by atoms with Crippen LogP contribution in [0.25, 0.3) is 11.1 Å². The summed E-state index contributed by atoms with van der Waals surface area (Å²) in [6.45, 7) is 2.42. The van der Waals surface area contributed by atoms with Gasteiger partial charge in [-0.15, -0.1) is 0 Å². The highest BCUT2D eigenvalue weighted by molar-refractivity contribution is 5.91. The molecule has 0 aliphatic carbocycles. The maximum absolute atomic E-state index is 13.7. The summed E-state index contributed by atoms with van der Waals surface area (Å²) in [5, 5.41) is 6.31. The molecule has 1 amide bonds. The molecule has 2 aromatic rings. The molecule has 4 nitrogen and oxygen atoms in total. The third kappa shape index (κ3) is 4.30. The average Bonchev–Trinajstić information content (AvgIpc) is 2.99. The normalized spacial score (nSPS) is 23.9. The van der Waals surface area contributed by atoms with Crippen molar-refractivity contribution in [3.63, 3.8) is 0 Å². The summed E-state index contributed by atoms with van der Waals surface area (Å²) >= 11 is 0. The number of fused-ring (bicyclic) bond motifs is 2. The van der Waals surface area contributed by atoms with Crippen molar-refractivity contribution in [1.82, 2.24) is 5.32 Å². The predicted octanol–water partition coefficient (Wildman–Crippen LogP) is 4.88. The fraction of sp³-hybridized carbons (Fsp3) is 0.409. The smallest absolute Gasteiger partial charge is 0.411 e. The lowest BCUT2D eigenvalue weighted by Crippen LogP contribution is -2.39. The van der Waals surface area contributed by atoms with Crippen molar-refractivity contribution >= 4 is 11.8 Å². The summed E-state index contributed by atoms with van der Waals surface area (Å²) in [7, 11) is 0. The molecule has 4 rings (SSSR count). The molecule has 27 heavy (non-hydrogen) atoms. The van der Waals surface area contributed by atoms with Crippen molar-refractivity contribution in [1.29, 1.82) is 0 Å². The van der Waals surface area contributed by atoms with Crippen molar-refractivity contribution in [3.8, 4) is 11.1 Å². The van der Waals surface area contributed by atoms with E-state index in [0.29, 0.717) is 30.3 Å². The number of halogens is 1. The maximum Gasteiger partial charge on any atom is 0.411 e. The molecule has 2 saturated heterocycles. The lowest BCUT2D eigenvalue weighted by Gasteiger charge is -2.28. The van der Waals surface area contributed by atoms with Crippen LogP contribution in [0.15, 0.2) is 42.5 Å². The molecular weight excluding hydrogens is 343 g/mol. The molecule has 2 fully saturated rings. The van der Waals surface area contributed by atoms with E-state index in [-0.39, 0.29) is 0 Å². The van der Waals surface area contributed by atoms with Crippen molar-refractivity contribution in [2.75, 3.05) is 11.9 Å². The summed E-state index contributed by atoms with van der Waals surface area (Å²) in [4.78, 5) is 12.3. The van der Waals surface area contributed by atoms with Gasteiger partial charge in [-0.2, -0.15) is 0 Å². The maximum atomic E-state index is 13.7. The Kier molecular flexibility index (Phi) is 5.12. The zero-order valence-electron chi connectivity index (χ0n) is 15.5. The van der Waals surface area contributed by atoms with E-state index >= 15 is 0 Å². The van der Waals surface area contributed by atoms with Gasteiger partial charge in [0, 0.05) is 17.6 Å². The first-order valence-corrected chi connectivity index (χ1v) is 9.63. The van der Waals surface area contributed by atoms with E-state index in [1.54, 1.807) is 6.07 Å². The second-order valence-electron chi connectivity index (χ2n) is 7.75. The second-order valence-corrected chi connectivity index (χ2v) is 7.75. The number of carbonyl (C=O) groups excluding carboxylic acids is 1. The first-order chi connectivity index (χ1) is 13.1. The minimum Gasteiger partial charge on any atom is -0.449 e. The lowest BCUT2D eigenvalue weighted by molar-refractivity contribution is 0.122. The van der Waals surface area contributed by atoms with E-state index in [1.807, 2.05) is 31.2 Å². The van der Waals surface area contributed by atoms with Gasteiger partial charge in [0.1, 0.15) is 5.82 Å². The molecular formula is C22H25FN2O2. The molecule has 5 heteroatoms. The minimum atomic E-state index is -0.528. The van der Waals surface area contributed by atoms with Gasteiger partial charge in [-0.05, 0) is 62.3 Å². The van der Waals surface area contributed by atoms with E-state index in [2.05, 4.69) is 10.6 Å². The van der Waals surface area contributed by atoms with Crippen molar-refractivity contribution in [2.24, 2.45) is 5.92 Å². The number of anilines is 1. The van der Waals surface area contributed by atoms with Gasteiger partial charge in [0.15, 0.2) is 0 Å². The number of piperidine rings is 1. The number of nitrogens with one attached hydrogen (secondary N) is 2. The highest BCUT2D eigenvalue weighted by Gasteiger charge is 2.33. The Morgan fingerprint density at radius 3 is 2.56 bits per heavy atom. The third-order valence-corrected chi connectivity index (χ3v) is 5.60. The number of aryl methyl sites for hydroxylation is 1. The quantitative estimate of drug-likeness (QED) is 0.809. The van der Waals surface area contributed by atoms with Crippen LogP contribution in [0.3, 0.4) is 0 Å². The van der Waals surface area contributed by atoms with Crippen LogP contribution >= 0.6 is 0 Å². The number of rotatable bonds is 4. The fourth-order valence-corrected chi connectivity index (χ4v) is 4.26. The van der Waals surface area contributed by atoms with Gasteiger partial charge in [-0.1, -0.05) is 29.8 Å². The summed E-state index contributed by atoms with van der Waals surface area (Å²) in [5.74, 6) is 0.00895. The van der Waals surface area contributed by atoms with E-state index in [0.717, 1.165) is 29.5 Å². The van der Waals surface area contributed by atoms with Gasteiger partial charge >= 0.3 is 6.09 Å². The summed E-state index contributed by atoms with van der Waals surface area (Å²) in [6.07, 6.45) is 4.02. The highest BCUT2D eigenvalue weighted by Crippen LogP contribution is 2.32. The van der Waals surface area contributed by atoms with Crippen molar-refractivity contribution < 1.29 is 13.9 Å². The second kappa shape index (κ2) is 7.69. The van der Waals surface area contributed by atoms with Crippen molar-refractivity contribution in [3.05, 3.63) is 53.8 Å². The Labute approximate surface area is 159 Å². The molecule has 2 heterocycles. The fourth-order valence-electron chi connectivity index (χ4n) is 4.26. The number of benzene rings is 2. The Bertz CT molecular complexity index is 810. The van der Waals surface area contributed by atoms with Crippen LogP contribution < -0.4 is 10.6 Å². The van der Waals surface area contributed by atoms with Crippen LogP contribution in [0.4, 0.5) is 14.9 Å².